The lowest BCUT2D eigenvalue weighted by Gasteiger charge is -2.06. The Balaban J connectivity index is 1.65. The summed E-state index contributed by atoms with van der Waals surface area (Å²) in [7, 11) is 0. The van der Waals surface area contributed by atoms with Gasteiger partial charge in [-0.1, -0.05) is 18.2 Å². The van der Waals surface area contributed by atoms with Crippen LogP contribution >= 0.6 is 0 Å². The van der Waals surface area contributed by atoms with Crippen molar-refractivity contribution >= 4 is 27.8 Å². The summed E-state index contributed by atoms with van der Waals surface area (Å²) in [4.78, 5) is 14.6. The molecule has 3 rings (SSSR count). The van der Waals surface area contributed by atoms with E-state index in [-0.39, 0.29) is 5.97 Å². The molecular weight excluding hydrogens is 278 g/mol. The Morgan fingerprint density at radius 1 is 1.09 bits per heavy atom. The molecule has 22 heavy (non-hydrogen) atoms. The van der Waals surface area contributed by atoms with Gasteiger partial charge in [-0.3, -0.25) is 4.79 Å². The van der Waals surface area contributed by atoms with Crippen molar-refractivity contribution in [1.29, 1.82) is 0 Å². The van der Waals surface area contributed by atoms with Gasteiger partial charge in [-0.25, -0.2) is 0 Å². The zero-order chi connectivity index (χ0) is 15.4. The van der Waals surface area contributed by atoms with Gasteiger partial charge < -0.3 is 14.5 Å². The minimum Gasteiger partial charge on any atom is -0.494 e. The first-order chi connectivity index (χ1) is 10.8. The number of carbonyl (C=O) groups excluding carboxylic acids is 1. The van der Waals surface area contributed by atoms with Crippen molar-refractivity contribution in [2.24, 2.45) is 0 Å². The van der Waals surface area contributed by atoms with Crippen LogP contribution in [0.4, 0.5) is 0 Å². The van der Waals surface area contributed by atoms with E-state index < -0.39 is 0 Å². The molecule has 3 aromatic rings. The summed E-state index contributed by atoms with van der Waals surface area (Å²) < 4.78 is 10.6. The number of para-hydroxylation sites is 1. The van der Waals surface area contributed by atoms with Gasteiger partial charge in [-0.15, -0.1) is 0 Å². The Morgan fingerprint density at radius 3 is 2.77 bits per heavy atom. The highest BCUT2D eigenvalue weighted by molar-refractivity contribution is 6.07. The van der Waals surface area contributed by atoms with E-state index in [2.05, 4.69) is 23.2 Å². The number of esters is 1. The third-order valence-corrected chi connectivity index (χ3v) is 3.58. The van der Waals surface area contributed by atoms with Gasteiger partial charge in [0.25, 0.3) is 0 Å². The van der Waals surface area contributed by atoms with Crippen LogP contribution in [-0.2, 0) is 9.53 Å². The van der Waals surface area contributed by atoms with Crippen LogP contribution in [0.1, 0.15) is 19.8 Å². The first-order valence-electron chi connectivity index (χ1n) is 7.57. The molecule has 1 aromatic heterocycles. The van der Waals surface area contributed by atoms with Crippen LogP contribution < -0.4 is 4.74 Å². The van der Waals surface area contributed by atoms with E-state index >= 15 is 0 Å². The smallest absolute Gasteiger partial charge is 0.305 e. The van der Waals surface area contributed by atoms with Crippen LogP contribution in [0, 0.1) is 0 Å². The minimum atomic E-state index is -0.169. The van der Waals surface area contributed by atoms with Crippen LogP contribution in [0.15, 0.2) is 42.5 Å². The van der Waals surface area contributed by atoms with E-state index in [9.17, 15) is 4.79 Å². The molecule has 0 atom stereocenters. The molecule has 1 N–H and O–H groups in total. The third kappa shape index (κ3) is 3.06. The predicted octanol–water partition coefficient (Wildman–Crippen LogP) is 4.04. The second-order valence-electron chi connectivity index (χ2n) is 5.14. The van der Waals surface area contributed by atoms with Gasteiger partial charge in [-0.05, 0) is 31.5 Å². The van der Waals surface area contributed by atoms with Crippen molar-refractivity contribution in [2.45, 2.75) is 19.8 Å². The molecule has 0 aliphatic heterocycles. The number of nitrogens with one attached hydrogen (secondary N) is 1. The van der Waals surface area contributed by atoms with E-state index in [4.69, 9.17) is 9.47 Å². The molecular formula is C18H19NO3. The maximum absolute atomic E-state index is 11.2. The Bertz CT molecular complexity index is 791. The fourth-order valence-electron chi connectivity index (χ4n) is 2.56. The average Bonchev–Trinajstić information content (AvgIpc) is 2.89. The molecule has 0 radical (unpaired) electrons. The van der Waals surface area contributed by atoms with E-state index in [0.717, 1.165) is 16.8 Å². The van der Waals surface area contributed by atoms with Gasteiger partial charge in [0.2, 0.25) is 0 Å². The molecule has 0 saturated carbocycles. The van der Waals surface area contributed by atoms with Gasteiger partial charge in [-0.2, -0.15) is 0 Å². The maximum atomic E-state index is 11.2. The highest BCUT2D eigenvalue weighted by Gasteiger charge is 2.05. The van der Waals surface area contributed by atoms with Crippen LogP contribution in [0.25, 0.3) is 21.8 Å². The number of aromatic amines is 1. The molecule has 114 valence electrons. The van der Waals surface area contributed by atoms with Crippen molar-refractivity contribution in [3.05, 3.63) is 42.5 Å². The fourth-order valence-corrected chi connectivity index (χ4v) is 2.56. The summed E-state index contributed by atoms with van der Waals surface area (Å²) in [5.74, 6) is 0.639. The second kappa shape index (κ2) is 6.52. The van der Waals surface area contributed by atoms with Crippen LogP contribution in [0.2, 0.25) is 0 Å². The number of carbonyl (C=O) groups is 1. The summed E-state index contributed by atoms with van der Waals surface area (Å²) in [6, 6.07) is 14.3. The van der Waals surface area contributed by atoms with E-state index in [1.807, 2.05) is 31.2 Å². The van der Waals surface area contributed by atoms with Crippen LogP contribution in [-0.4, -0.2) is 24.2 Å². The molecule has 2 aromatic carbocycles. The molecule has 1 heterocycles. The number of aromatic nitrogens is 1. The van der Waals surface area contributed by atoms with Crippen molar-refractivity contribution in [3.63, 3.8) is 0 Å². The number of hydrogen-bond acceptors (Lipinski definition) is 3. The highest BCUT2D eigenvalue weighted by atomic mass is 16.5. The first kappa shape index (κ1) is 14.4. The number of ether oxygens (including phenoxy) is 2. The predicted molar refractivity (Wildman–Crippen MR) is 87.2 cm³/mol. The molecule has 0 spiro atoms. The van der Waals surface area contributed by atoms with E-state index in [1.54, 1.807) is 0 Å². The summed E-state index contributed by atoms with van der Waals surface area (Å²) in [6.45, 7) is 2.74. The zero-order valence-corrected chi connectivity index (χ0v) is 12.6. The van der Waals surface area contributed by atoms with Crippen molar-refractivity contribution in [1.82, 2.24) is 4.98 Å². The van der Waals surface area contributed by atoms with Crippen molar-refractivity contribution in [2.75, 3.05) is 13.2 Å². The molecule has 0 saturated heterocycles. The van der Waals surface area contributed by atoms with E-state index in [1.165, 1.54) is 10.8 Å². The summed E-state index contributed by atoms with van der Waals surface area (Å²) >= 11 is 0. The maximum Gasteiger partial charge on any atom is 0.305 e. The largest absolute Gasteiger partial charge is 0.494 e. The number of fused-ring (bicyclic) bond motifs is 3. The summed E-state index contributed by atoms with van der Waals surface area (Å²) in [6.07, 6.45) is 1.05. The third-order valence-electron chi connectivity index (χ3n) is 3.58. The molecule has 0 aliphatic carbocycles. The quantitative estimate of drug-likeness (QED) is 0.552. The van der Waals surface area contributed by atoms with Crippen LogP contribution in [0.5, 0.6) is 5.75 Å². The summed E-state index contributed by atoms with van der Waals surface area (Å²) in [5.41, 5.74) is 2.18. The Morgan fingerprint density at radius 2 is 1.91 bits per heavy atom. The number of hydrogen-bond donors (Lipinski definition) is 1. The Labute approximate surface area is 129 Å². The van der Waals surface area contributed by atoms with Gasteiger partial charge in [0.05, 0.1) is 18.7 Å². The molecule has 0 bridgehead atoms. The second-order valence-corrected chi connectivity index (χ2v) is 5.14. The van der Waals surface area contributed by atoms with Crippen molar-refractivity contribution < 1.29 is 14.3 Å². The lowest BCUT2D eigenvalue weighted by Crippen LogP contribution is -2.06. The van der Waals surface area contributed by atoms with Gasteiger partial charge in [0.1, 0.15) is 5.75 Å². The number of H-pyrrole nitrogens is 1. The SMILES string of the molecule is CCOC(=O)CCCOc1ccc2c(c1)[nH]c1ccccc12. The topological polar surface area (TPSA) is 51.3 Å². The molecule has 0 aliphatic rings. The molecule has 0 fully saturated rings. The average molecular weight is 297 g/mol. The first-order valence-corrected chi connectivity index (χ1v) is 7.57. The Kier molecular flexibility index (Phi) is 4.28. The highest BCUT2D eigenvalue weighted by Crippen LogP contribution is 2.28. The molecule has 4 nitrogen and oxygen atoms in total. The number of benzene rings is 2. The lowest BCUT2D eigenvalue weighted by atomic mass is 10.1. The van der Waals surface area contributed by atoms with Crippen LogP contribution in [0.3, 0.4) is 0 Å². The lowest BCUT2D eigenvalue weighted by molar-refractivity contribution is -0.143. The zero-order valence-electron chi connectivity index (χ0n) is 12.6. The monoisotopic (exact) mass is 297 g/mol. The van der Waals surface area contributed by atoms with Gasteiger partial charge in [0, 0.05) is 28.8 Å². The Hall–Kier alpha value is -2.49. The summed E-state index contributed by atoms with van der Waals surface area (Å²) in [5, 5.41) is 2.40. The van der Waals surface area contributed by atoms with Crippen molar-refractivity contribution in [3.8, 4) is 5.75 Å². The molecule has 0 amide bonds. The standard InChI is InChI=1S/C18H19NO3/c1-2-21-18(20)8-5-11-22-13-9-10-15-14-6-3-4-7-16(14)19-17(15)12-13/h3-4,6-7,9-10,12,19H,2,5,8,11H2,1H3. The molecule has 4 heteroatoms. The van der Waals surface area contributed by atoms with E-state index in [0.29, 0.717) is 26.1 Å². The fraction of sp³-hybridized carbons (Fsp3) is 0.278. The number of rotatable bonds is 6. The van der Waals surface area contributed by atoms with Gasteiger partial charge >= 0.3 is 5.97 Å². The minimum absolute atomic E-state index is 0.169. The normalized spacial score (nSPS) is 11.0. The molecule has 0 unspecified atom stereocenters. The van der Waals surface area contributed by atoms with Gasteiger partial charge in [0.15, 0.2) is 0 Å².